The Hall–Kier alpha value is -2.35. The minimum Gasteiger partial charge on any atom is -0.376 e. The Morgan fingerprint density at radius 3 is 2.78 bits per heavy atom. The van der Waals surface area contributed by atoms with E-state index in [0.717, 1.165) is 51.4 Å². The number of piperazine rings is 1. The van der Waals surface area contributed by atoms with Gasteiger partial charge in [-0.05, 0) is 47.6 Å². The van der Waals surface area contributed by atoms with Gasteiger partial charge in [-0.15, -0.1) is 0 Å². The van der Waals surface area contributed by atoms with Crippen LogP contribution in [0.2, 0.25) is 0 Å². The van der Waals surface area contributed by atoms with Crippen LogP contribution in [0.5, 0.6) is 0 Å². The molecule has 0 saturated carbocycles. The third-order valence-corrected chi connectivity index (χ3v) is 5.42. The van der Waals surface area contributed by atoms with Gasteiger partial charge in [-0.3, -0.25) is 4.90 Å². The summed E-state index contributed by atoms with van der Waals surface area (Å²) in [5, 5.41) is 17.5. The van der Waals surface area contributed by atoms with E-state index in [1.54, 1.807) is 21.6 Å². The Labute approximate surface area is 162 Å². The minimum absolute atomic E-state index is 0.196. The molecule has 4 heterocycles. The van der Waals surface area contributed by atoms with Crippen LogP contribution >= 0.6 is 12.2 Å². The molecule has 0 amide bonds. The fraction of sp³-hybridized carbons (Fsp3) is 0.588. The molecular formula is C17H22N8OS. The molecule has 1 unspecified atom stereocenters. The molecule has 0 N–H and O–H groups in total. The maximum atomic E-state index is 9.04. The SMILES string of the molecule is N#Cc1ccnc(N2CCN(Cn3nnn(CC4CCCO4)c3=S)CC2)c1. The smallest absolute Gasteiger partial charge is 0.217 e. The molecule has 4 rings (SSSR count). The first kappa shape index (κ1) is 18.0. The van der Waals surface area contributed by atoms with E-state index in [9.17, 15) is 0 Å². The van der Waals surface area contributed by atoms with E-state index in [4.69, 9.17) is 22.2 Å². The lowest BCUT2D eigenvalue weighted by Gasteiger charge is -2.35. The number of anilines is 1. The average Bonchev–Trinajstić information content (AvgIpc) is 3.34. The fourth-order valence-electron chi connectivity index (χ4n) is 3.46. The minimum atomic E-state index is 0.196. The van der Waals surface area contributed by atoms with Crippen LogP contribution in [0.1, 0.15) is 18.4 Å². The van der Waals surface area contributed by atoms with E-state index < -0.39 is 0 Å². The fourth-order valence-corrected chi connectivity index (χ4v) is 3.66. The first-order valence-electron chi connectivity index (χ1n) is 9.18. The van der Waals surface area contributed by atoms with Crippen LogP contribution in [0.3, 0.4) is 0 Å². The highest BCUT2D eigenvalue weighted by molar-refractivity contribution is 7.71. The van der Waals surface area contributed by atoms with Gasteiger partial charge in [-0.2, -0.15) is 5.26 Å². The highest BCUT2D eigenvalue weighted by Crippen LogP contribution is 2.16. The normalized spacial score (nSPS) is 20.7. The van der Waals surface area contributed by atoms with E-state index in [0.29, 0.717) is 23.5 Å². The van der Waals surface area contributed by atoms with Crippen LogP contribution < -0.4 is 4.90 Å². The standard InChI is InChI=1S/C17H22N8OS/c18-11-14-3-4-19-16(10-14)23-7-5-22(6-8-23)13-25-17(27)24(20-21-25)12-15-2-1-9-26-15/h3-4,10,15H,1-2,5-9,12-13H2. The molecule has 0 spiro atoms. The van der Waals surface area contributed by atoms with Gasteiger partial charge in [0.2, 0.25) is 4.77 Å². The van der Waals surface area contributed by atoms with Crippen molar-refractivity contribution in [3.63, 3.8) is 0 Å². The van der Waals surface area contributed by atoms with E-state index in [-0.39, 0.29) is 6.10 Å². The summed E-state index contributed by atoms with van der Waals surface area (Å²) >= 11 is 5.52. The van der Waals surface area contributed by atoms with Crippen LogP contribution in [-0.2, 0) is 18.0 Å². The van der Waals surface area contributed by atoms with Crippen molar-refractivity contribution < 1.29 is 4.74 Å². The van der Waals surface area contributed by atoms with Crippen molar-refractivity contribution in [1.29, 1.82) is 5.26 Å². The third kappa shape index (κ3) is 4.16. The van der Waals surface area contributed by atoms with E-state index in [2.05, 4.69) is 31.3 Å². The number of nitriles is 1. The molecule has 0 bridgehead atoms. The Morgan fingerprint density at radius 2 is 2.04 bits per heavy atom. The number of ether oxygens (including phenoxy) is 1. The maximum absolute atomic E-state index is 9.04. The molecule has 0 aromatic carbocycles. The van der Waals surface area contributed by atoms with Crippen LogP contribution in [0.15, 0.2) is 18.3 Å². The zero-order chi connectivity index (χ0) is 18.6. The summed E-state index contributed by atoms with van der Waals surface area (Å²) in [6.45, 7) is 5.57. The predicted molar refractivity (Wildman–Crippen MR) is 101 cm³/mol. The van der Waals surface area contributed by atoms with E-state index in [1.807, 2.05) is 6.07 Å². The third-order valence-electron chi connectivity index (χ3n) is 5.00. The second-order valence-corrected chi connectivity index (χ2v) is 7.20. The summed E-state index contributed by atoms with van der Waals surface area (Å²) in [6.07, 6.45) is 4.04. The molecule has 9 nitrogen and oxygen atoms in total. The van der Waals surface area contributed by atoms with Gasteiger partial charge in [-0.1, -0.05) is 0 Å². The molecule has 0 radical (unpaired) electrons. The van der Waals surface area contributed by atoms with Gasteiger partial charge in [0.15, 0.2) is 0 Å². The predicted octanol–water partition coefficient (Wildman–Crippen LogP) is 1.03. The molecule has 0 aliphatic carbocycles. The number of pyridine rings is 1. The highest BCUT2D eigenvalue weighted by Gasteiger charge is 2.21. The average molecular weight is 386 g/mol. The molecule has 2 aromatic rings. The Bertz CT molecular complexity index is 874. The molecule has 142 valence electrons. The second-order valence-electron chi connectivity index (χ2n) is 6.84. The van der Waals surface area contributed by atoms with Gasteiger partial charge < -0.3 is 9.64 Å². The lowest BCUT2D eigenvalue weighted by atomic mass is 10.2. The van der Waals surface area contributed by atoms with Crippen LogP contribution in [0.4, 0.5) is 5.82 Å². The summed E-state index contributed by atoms with van der Waals surface area (Å²) in [5.41, 5.74) is 0.636. The van der Waals surface area contributed by atoms with Gasteiger partial charge in [0.25, 0.3) is 0 Å². The highest BCUT2D eigenvalue weighted by atomic mass is 32.1. The summed E-state index contributed by atoms with van der Waals surface area (Å²) in [4.78, 5) is 8.88. The lowest BCUT2D eigenvalue weighted by Crippen LogP contribution is -2.47. The Balaban J connectivity index is 1.33. The summed E-state index contributed by atoms with van der Waals surface area (Å²) in [5.74, 6) is 0.854. The van der Waals surface area contributed by atoms with Gasteiger partial charge in [0.05, 0.1) is 31.0 Å². The van der Waals surface area contributed by atoms with Gasteiger partial charge in [0.1, 0.15) is 5.82 Å². The lowest BCUT2D eigenvalue weighted by molar-refractivity contribution is 0.0930. The van der Waals surface area contributed by atoms with Gasteiger partial charge in [0, 0.05) is 39.0 Å². The summed E-state index contributed by atoms with van der Waals surface area (Å²) in [6, 6.07) is 5.72. The van der Waals surface area contributed by atoms with Gasteiger partial charge >= 0.3 is 0 Å². The van der Waals surface area contributed by atoms with Crippen molar-refractivity contribution in [1.82, 2.24) is 29.7 Å². The molecule has 2 aliphatic rings. The summed E-state index contributed by atoms with van der Waals surface area (Å²) in [7, 11) is 0. The largest absolute Gasteiger partial charge is 0.376 e. The number of hydrogen-bond acceptors (Lipinski definition) is 8. The van der Waals surface area contributed by atoms with Crippen LogP contribution in [0, 0.1) is 16.1 Å². The van der Waals surface area contributed by atoms with E-state index in [1.165, 1.54) is 0 Å². The van der Waals surface area contributed by atoms with Crippen molar-refractivity contribution in [2.45, 2.75) is 32.2 Å². The van der Waals surface area contributed by atoms with Gasteiger partial charge in [-0.25, -0.2) is 14.3 Å². The number of tetrazole rings is 1. The second kappa shape index (κ2) is 8.12. The molecule has 2 aliphatic heterocycles. The molecule has 2 saturated heterocycles. The maximum Gasteiger partial charge on any atom is 0.217 e. The molecule has 10 heteroatoms. The number of aromatic nitrogens is 5. The van der Waals surface area contributed by atoms with Crippen LogP contribution in [0.25, 0.3) is 0 Å². The number of nitrogens with zero attached hydrogens (tertiary/aromatic N) is 8. The zero-order valence-corrected chi connectivity index (χ0v) is 15.9. The molecule has 1 atom stereocenters. The first-order chi connectivity index (χ1) is 13.2. The molecule has 2 aromatic heterocycles. The quantitative estimate of drug-likeness (QED) is 0.704. The molecule has 27 heavy (non-hydrogen) atoms. The monoisotopic (exact) mass is 386 g/mol. The van der Waals surface area contributed by atoms with Crippen molar-refractivity contribution in [3.05, 3.63) is 28.7 Å². The van der Waals surface area contributed by atoms with Crippen molar-refractivity contribution in [2.75, 3.05) is 37.7 Å². The summed E-state index contributed by atoms with van der Waals surface area (Å²) < 4.78 is 9.83. The molecule has 2 fully saturated rings. The van der Waals surface area contributed by atoms with Crippen molar-refractivity contribution >= 4 is 18.0 Å². The zero-order valence-electron chi connectivity index (χ0n) is 15.1. The first-order valence-corrected chi connectivity index (χ1v) is 9.59. The molecular weight excluding hydrogens is 364 g/mol. The Morgan fingerprint density at radius 1 is 1.22 bits per heavy atom. The van der Waals surface area contributed by atoms with E-state index >= 15 is 0 Å². The Kier molecular flexibility index (Phi) is 5.42. The number of hydrogen-bond donors (Lipinski definition) is 0. The van der Waals surface area contributed by atoms with Crippen molar-refractivity contribution in [2.24, 2.45) is 0 Å². The van der Waals surface area contributed by atoms with Crippen LogP contribution in [-0.4, -0.2) is 68.6 Å². The number of rotatable bonds is 5. The topological polar surface area (TPSA) is 88.0 Å². The van der Waals surface area contributed by atoms with Crippen molar-refractivity contribution in [3.8, 4) is 6.07 Å².